The van der Waals surface area contributed by atoms with Crippen LogP contribution in [0.25, 0.3) is 0 Å². The van der Waals surface area contributed by atoms with Crippen LogP contribution in [0, 0.1) is 5.82 Å². The van der Waals surface area contributed by atoms with Gasteiger partial charge in [0.15, 0.2) is 23.4 Å². The van der Waals surface area contributed by atoms with Crippen molar-refractivity contribution >= 4 is 5.96 Å². The van der Waals surface area contributed by atoms with Gasteiger partial charge in [-0.25, -0.2) is 14.1 Å². The minimum Gasteiger partial charge on any atom is -0.491 e. The zero-order valence-electron chi connectivity index (χ0n) is 17.0. The number of rotatable bonds is 6. The largest absolute Gasteiger partial charge is 0.491 e. The molecule has 7 nitrogen and oxygen atoms in total. The van der Waals surface area contributed by atoms with Crippen LogP contribution in [0.5, 0.6) is 5.75 Å². The molecule has 1 aliphatic rings. The molecule has 0 spiro atoms. The minimum absolute atomic E-state index is 0.220. The Morgan fingerprint density at radius 3 is 2.93 bits per heavy atom. The Kier molecular flexibility index (Phi) is 6.49. The Labute approximate surface area is 165 Å². The molecule has 0 radical (unpaired) electrons. The average molecular weight is 388 g/mol. The first-order valence-electron chi connectivity index (χ1n) is 9.82. The van der Waals surface area contributed by atoms with Gasteiger partial charge in [-0.1, -0.05) is 19.9 Å². The Morgan fingerprint density at radius 2 is 2.25 bits per heavy atom. The van der Waals surface area contributed by atoms with Gasteiger partial charge < -0.3 is 15.4 Å². The van der Waals surface area contributed by atoms with Crippen molar-refractivity contribution in [2.75, 3.05) is 13.7 Å². The quantitative estimate of drug-likeness (QED) is 0.588. The van der Waals surface area contributed by atoms with E-state index in [-0.39, 0.29) is 17.6 Å². The third-order valence-corrected chi connectivity index (χ3v) is 4.71. The summed E-state index contributed by atoms with van der Waals surface area (Å²) in [6, 6.07) is 5.22. The first kappa shape index (κ1) is 20.1. The molecule has 0 fully saturated rings. The number of hydrogen-bond donors (Lipinski definition) is 2. The zero-order chi connectivity index (χ0) is 20.1. The van der Waals surface area contributed by atoms with E-state index in [0.717, 1.165) is 36.6 Å². The molecule has 0 bridgehead atoms. The second-order valence-electron chi connectivity index (χ2n) is 7.23. The van der Waals surface area contributed by atoms with Crippen molar-refractivity contribution in [3.8, 4) is 5.75 Å². The molecule has 1 atom stereocenters. The molecular formula is C20H29FN6O. The second kappa shape index (κ2) is 9.03. The molecule has 1 unspecified atom stereocenters. The van der Waals surface area contributed by atoms with Gasteiger partial charge >= 0.3 is 0 Å². The van der Waals surface area contributed by atoms with E-state index in [0.29, 0.717) is 25.0 Å². The Morgan fingerprint density at radius 1 is 1.43 bits per heavy atom. The maximum Gasteiger partial charge on any atom is 0.191 e. The maximum atomic E-state index is 14.0. The summed E-state index contributed by atoms with van der Waals surface area (Å²) < 4.78 is 21.2. The number of benzene rings is 1. The van der Waals surface area contributed by atoms with Gasteiger partial charge in [0, 0.05) is 32.0 Å². The highest BCUT2D eigenvalue weighted by atomic mass is 19.1. The lowest BCUT2D eigenvalue weighted by Gasteiger charge is -2.25. The molecule has 1 aromatic heterocycles. The van der Waals surface area contributed by atoms with E-state index in [1.165, 1.54) is 6.07 Å². The molecule has 0 amide bonds. The summed E-state index contributed by atoms with van der Waals surface area (Å²) in [6.45, 7) is 7.72. The van der Waals surface area contributed by atoms with Gasteiger partial charge in [-0.3, -0.25) is 4.99 Å². The normalized spacial score (nSPS) is 16.8. The third-order valence-electron chi connectivity index (χ3n) is 4.71. The summed E-state index contributed by atoms with van der Waals surface area (Å²) in [6.07, 6.45) is 1.85. The van der Waals surface area contributed by atoms with E-state index >= 15 is 0 Å². The van der Waals surface area contributed by atoms with Crippen molar-refractivity contribution in [3.63, 3.8) is 0 Å². The van der Waals surface area contributed by atoms with Crippen LogP contribution in [0.1, 0.15) is 50.3 Å². The maximum absolute atomic E-state index is 14.0. The highest BCUT2D eigenvalue weighted by Crippen LogP contribution is 2.19. The fourth-order valence-corrected chi connectivity index (χ4v) is 3.19. The van der Waals surface area contributed by atoms with Crippen LogP contribution in [0.15, 0.2) is 23.2 Å². The SMILES string of the molecule is CCOc1ccc(CNC(=NC)NC2CCc3nc(C(C)C)nn3C2)cc1F. The van der Waals surface area contributed by atoms with Gasteiger partial charge in [-0.2, -0.15) is 5.10 Å². The molecule has 1 aromatic carbocycles. The van der Waals surface area contributed by atoms with Gasteiger partial charge in [-0.05, 0) is 31.0 Å². The van der Waals surface area contributed by atoms with Crippen molar-refractivity contribution in [2.45, 2.75) is 58.7 Å². The van der Waals surface area contributed by atoms with Gasteiger partial charge in [0.25, 0.3) is 0 Å². The number of halogens is 1. The summed E-state index contributed by atoms with van der Waals surface area (Å²) in [7, 11) is 1.73. The van der Waals surface area contributed by atoms with E-state index < -0.39 is 0 Å². The minimum atomic E-state index is -0.351. The fraction of sp³-hybridized carbons (Fsp3) is 0.550. The predicted octanol–water partition coefficient (Wildman–Crippen LogP) is 2.62. The van der Waals surface area contributed by atoms with Gasteiger partial charge in [0.1, 0.15) is 5.82 Å². The number of fused-ring (bicyclic) bond motifs is 1. The zero-order valence-corrected chi connectivity index (χ0v) is 17.0. The van der Waals surface area contributed by atoms with Crippen LogP contribution in [0.4, 0.5) is 4.39 Å². The van der Waals surface area contributed by atoms with Crippen molar-refractivity contribution in [1.82, 2.24) is 25.4 Å². The number of ether oxygens (including phenoxy) is 1. The highest BCUT2D eigenvalue weighted by Gasteiger charge is 2.23. The summed E-state index contributed by atoms with van der Waals surface area (Å²) >= 11 is 0. The van der Waals surface area contributed by atoms with E-state index in [9.17, 15) is 4.39 Å². The van der Waals surface area contributed by atoms with Gasteiger partial charge in [0.05, 0.1) is 13.2 Å². The second-order valence-corrected chi connectivity index (χ2v) is 7.23. The van der Waals surface area contributed by atoms with Crippen LogP contribution in [-0.4, -0.2) is 40.4 Å². The average Bonchev–Trinajstić information content (AvgIpc) is 3.11. The summed E-state index contributed by atoms with van der Waals surface area (Å²) in [5.41, 5.74) is 0.827. The summed E-state index contributed by atoms with van der Waals surface area (Å²) in [4.78, 5) is 8.91. The van der Waals surface area contributed by atoms with E-state index in [1.54, 1.807) is 13.1 Å². The molecule has 0 saturated carbocycles. The van der Waals surface area contributed by atoms with Crippen LogP contribution in [0.2, 0.25) is 0 Å². The Balaban J connectivity index is 1.55. The summed E-state index contributed by atoms with van der Waals surface area (Å²) in [5, 5.41) is 11.3. The van der Waals surface area contributed by atoms with Crippen LogP contribution >= 0.6 is 0 Å². The van der Waals surface area contributed by atoms with E-state index in [2.05, 4.69) is 39.6 Å². The molecule has 152 valence electrons. The molecule has 2 aromatic rings. The fourth-order valence-electron chi connectivity index (χ4n) is 3.19. The number of nitrogens with one attached hydrogen (secondary N) is 2. The lowest BCUT2D eigenvalue weighted by atomic mass is 10.1. The Hall–Kier alpha value is -2.64. The Bertz CT molecular complexity index is 832. The molecule has 1 aliphatic heterocycles. The molecule has 0 aliphatic carbocycles. The summed E-state index contributed by atoms with van der Waals surface area (Å²) in [5.74, 6) is 2.89. The number of aliphatic imine (C=N–C) groups is 1. The number of nitrogens with zero attached hydrogens (tertiary/aromatic N) is 4. The molecular weight excluding hydrogens is 359 g/mol. The van der Waals surface area contributed by atoms with Crippen molar-refractivity contribution < 1.29 is 9.13 Å². The van der Waals surface area contributed by atoms with Gasteiger partial charge in [-0.15, -0.1) is 0 Å². The number of aryl methyl sites for hydroxylation is 1. The number of guanidine groups is 1. The van der Waals surface area contributed by atoms with Crippen LogP contribution in [-0.2, 0) is 19.5 Å². The van der Waals surface area contributed by atoms with Crippen LogP contribution in [0.3, 0.4) is 0 Å². The lowest BCUT2D eigenvalue weighted by molar-refractivity contribution is 0.321. The molecule has 8 heteroatoms. The molecule has 2 N–H and O–H groups in total. The predicted molar refractivity (Wildman–Crippen MR) is 107 cm³/mol. The third kappa shape index (κ3) is 4.79. The monoisotopic (exact) mass is 388 g/mol. The molecule has 2 heterocycles. The molecule has 3 rings (SSSR count). The highest BCUT2D eigenvalue weighted by molar-refractivity contribution is 5.79. The molecule has 0 saturated heterocycles. The van der Waals surface area contributed by atoms with Crippen LogP contribution < -0.4 is 15.4 Å². The van der Waals surface area contributed by atoms with Crippen molar-refractivity contribution in [2.24, 2.45) is 4.99 Å². The van der Waals surface area contributed by atoms with Crippen molar-refractivity contribution in [1.29, 1.82) is 0 Å². The molecule has 28 heavy (non-hydrogen) atoms. The first-order chi connectivity index (χ1) is 13.5. The van der Waals surface area contributed by atoms with Gasteiger partial charge in [0.2, 0.25) is 0 Å². The number of hydrogen-bond acceptors (Lipinski definition) is 4. The number of aromatic nitrogens is 3. The van der Waals surface area contributed by atoms with E-state index in [1.807, 2.05) is 17.7 Å². The first-order valence-corrected chi connectivity index (χ1v) is 9.82. The lowest BCUT2D eigenvalue weighted by Crippen LogP contribution is -2.46. The van der Waals surface area contributed by atoms with Crippen molar-refractivity contribution in [3.05, 3.63) is 41.2 Å². The topological polar surface area (TPSA) is 76.4 Å². The van der Waals surface area contributed by atoms with E-state index in [4.69, 9.17) is 4.74 Å². The standard InChI is InChI=1S/C20H29FN6O/c1-5-28-17-8-6-14(10-16(17)21)11-23-20(22-4)24-15-7-9-18-25-19(13(2)3)26-27(18)12-15/h6,8,10,13,15H,5,7,9,11-12H2,1-4H3,(H2,22,23,24). The smallest absolute Gasteiger partial charge is 0.191 e.